The van der Waals surface area contributed by atoms with Gasteiger partial charge in [0.05, 0.1) is 31.4 Å². The molecular formula is C8H18N4O3. The van der Waals surface area contributed by atoms with Crippen LogP contribution in [0.5, 0.6) is 0 Å². The summed E-state index contributed by atoms with van der Waals surface area (Å²) in [6, 6.07) is -0.436. The van der Waals surface area contributed by atoms with E-state index >= 15 is 0 Å². The number of hydrogen-bond donors (Lipinski definition) is 5. The van der Waals surface area contributed by atoms with Gasteiger partial charge in [-0.3, -0.25) is 9.89 Å². The van der Waals surface area contributed by atoms with Crippen molar-refractivity contribution in [2.75, 3.05) is 26.2 Å². The van der Waals surface area contributed by atoms with Gasteiger partial charge in [0.1, 0.15) is 0 Å². The third kappa shape index (κ3) is 3.03. The maximum atomic E-state index is 9.50. The number of rotatable bonds is 4. The predicted molar refractivity (Wildman–Crippen MR) is 55.1 cm³/mol. The molecule has 1 fully saturated rings. The maximum absolute atomic E-state index is 9.50. The zero-order valence-corrected chi connectivity index (χ0v) is 8.45. The summed E-state index contributed by atoms with van der Waals surface area (Å²) < 4.78 is 0. The Bertz CT molecular complexity index is 232. The van der Waals surface area contributed by atoms with Crippen molar-refractivity contribution in [3.63, 3.8) is 0 Å². The number of nitrogens with two attached hydrogens (primary N) is 2. The van der Waals surface area contributed by atoms with Crippen LogP contribution in [-0.2, 0) is 0 Å². The highest BCUT2D eigenvalue weighted by Crippen LogP contribution is 2.17. The van der Waals surface area contributed by atoms with Crippen molar-refractivity contribution in [1.29, 1.82) is 0 Å². The first kappa shape index (κ1) is 12.2. The quantitative estimate of drug-likeness (QED) is 0.248. The van der Waals surface area contributed by atoms with E-state index in [2.05, 4.69) is 4.99 Å². The van der Waals surface area contributed by atoms with E-state index in [0.717, 1.165) is 0 Å². The van der Waals surface area contributed by atoms with Crippen LogP contribution in [0.15, 0.2) is 4.99 Å². The summed E-state index contributed by atoms with van der Waals surface area (Å²) in [6.45, 7) is 1.02. The largest absolute Gasteiger partial charge is 0.395 e. The third-order valence-corrected chi connectivity index (χ3v) is 2.55. The Kier molecular flexibility index (Phi) is 4.28. The molecule has 0 aliphatic carbocycles. The molecule has 7 heteroatoms. The number of nitrogens with zero attached hydrogens (tertiary/aromatic N) is 2. The van der Waals surface area contributed by atoms with E-state index in [9.17, 15) is 10.2 Å². The molecule has 0 bridgehead atoms. The molecule has 1 aliphatic rings. The second-order valence-corrected chi connectivity index (χ2v) is 3.61. The van der Waals surface area contributed by atoms with E-state index in [1.807, 2.05) is 0 Å². The third-order valence-electron chi connectivity index (χ3n) is 2.55. The van der Waals surface area contributed by atoms with Gasteiger partial charge in [-0.15, -0.1) is 0 Å². The average molecular weight is 218 g/mol. The van der Waals surface area contributed by atoms with Crippen LogP contribution in [0.25, 0.3) is 0 Å². The lowest BCUT2D eigenvalue weighted by atomic mass is 10.1. The molecule has 88 valence electrons. The molecule has 7 N–H and O–H groups in total. The molecule has 1 aliphatic heterocycles. The molecule has 0 saturated carbocycles. The van der Waals surface area contributed by atoms with Crippen molar-refractivity contribution in [3.05, 3.63) is 0 Å². The fourth-order valence-corrected chi connectivity index (χ4v) is 1.74. The zero-order valence-electron chi connectivity index (χ0n) is 8.45. The van der Waals surface area contributed by atoms with Gasteiger partial charge in [0.2, 0.25) is 0 Å². The fourth-order valence-electron chi connectivity index (χ4n) is 1.74. The van der Waals surface area contributed by atoms with Crippen LogP contribution >= 0.6 is 0 Å². The Hall–Kier alpha value is -0.890. The molecule has 0 aromatic carbocycles. The first-order valence-corrected chi connectivity index (χ1v) is 4.82. The Morgan fingerprint density at radius 2 is 2.07 bits per heavy atom. The number of aliphatic imine (C=N–C) groups is 1. The minimum absolute atomic E-state index is 0.0100. The van der Waals surface area contributed by atoms with Gasteiger partial charge in [0.25, 0.3) is 0 Å². The second kappa shape index (κ2) is 5.26. The highest BCUT2D eigenvalue weighted by Gasteiger charge is 2.38. The first-order valence-electron chi connectivity index (χ1n) is 4.82. The van der Waals surface area contributed by atoms with Gasteiger partial charge in [0, 0.05) is 13.1 Å². The molecule has 1 saturated heterocycles. The van der Waals surface area contributed by atoms with Crippen molar-refractivity contribution in [3.8, 4) is 0 Å². The number of likely N-dealkylation sites (tertiary alicyclic amines) is 1. The fraction of sp³-hybridized carbons (Fsp3) is 0.875. The Balaban J connectivity index is 2.44. The first-order chi connectivity index (χ1) is 7.06. The standard InChI is InChI=1S/C8H18N4O3/c9-8(10)11-1-2-12-3-6(14)7(15)5(12)4-13/h5-7,13-15H,1-4H2,(H4,9,10,11)/t5-,6+,7-/m1/s1. The SMILES string of the molecule is NC(N)=NCCN1C[C@H](O)[C@H](O)[C@H]1CO. The maximum Gasteiger partial charge on any atom is 0.185 e. The van der Waals surface area contributed by atoms with Crippen LogP contribution in [-0.4, -0.2) is 70.7 Å². The number of aliphatic hydroxyl groups is 3. The number of β-amino-alcohol motifs (C(OH)–C–C–N with tert-alkyl or cyclic N) is 1. The monoisotopic (exact) mass is 218 g/mol. The highest BCUT2D eigenvalue weighted by molar-refractivity contribution is 5.75. The molecular weight excluding hydrogens is 200 g/mol. The van der Waals surface area contributed by atoms with Gasteiger partial charge in [-0.25, -0.2) is 0 Å². The lowest BCUT2D eigenvalue weighted by Crippen LogP contribution is -2.40. The van der Waals surface area contributed by atoms with Gasteiger partial charge in [-0.2, -0.15) is 0 Å². The summed E-state index contributed by atoms with van der Waals surface area (Å²) in [7, 11) is 0. The lowest BCUT2D eigenvalue weighted by molar-refractivity contribution is 0.0220. The Labute approximate surface area is 88.0 Å². The van der Waals surface area contributed by atoms with Crippen LogP contribution in [0.2, 0.25) is 0 Å². The van der Waals surface area contributed by atoms with E-state index in [1.165, 1.54) is 0 Å². The smallest absolute Gasteiger partial charge is 0.185 e. The number of guanidine groups is 1. The highest BCUT2D eigenvalue weighted by atomic mass is 16.3. The van der Waals surface area contributed by atoms with Gasteiger partial charge in [-0.05, 0) is 0 Å². The molecule has 0 unspecified atom stereocenters. The molecule has 0 aromatic rings. The summed E-state index contributed by atoms with van der Waals surface area (Å²) >= 11 is 0. The molecule has 0 aromatic heterocycles. The summed E-state index contributed by atoms with van der Waals surface area (Å²) in [5.41, 5.74) is 10.3. The second-order valence-electron chi connectivity index (χ2n) is 3.61. The zero-order chi connectivity index (χ0) is 11.4. The number of hydrogen-bond acceptors (Lipinski definition) is 5. The summed E-state index contributed by atoms with van der Waals surface area (Å²) in [4.78, 5) is 5.56. The minimum Gasteiger partial charge on any atom is -0.395 e. The van der Waals surface area contributed by atoms with Gasteiger partial charge in [-0.1, -0.05) is 0 Å². The van der Waals surface area contributed by atoms with Crippen LogP contribution in [0, 0.1) is 0 Å². The van der Waals surface area contributed by atoms with Crippen LogP contribution in [0.3, 0.4) is 0 Å². The lowest BCUT2D eigenvalue weighted by Gasteiger charge is -2.22. The van der Waals surface area contributed by atoms with Gasteiger partial charge < -0.3 is 26.8 Å². The van der Waals surface area contributed by atoms with Crippen LogP contribution in [0.1, 0.15) is 0 Å². The van der Waals surface area contributed by atoms with E-state index in [4.69, 9.17) is 16.6 Å². The molecule has 0 spiro atoms. The molecule has 0 radical (unpaired) electrons. The van der Waals surface area contributed by atoms with E-state index in [0.29, 0.717) is 19.6 Å². The molecule has 1 heterocycles. The summed E-state index contributed by atoms with van der Waals surface area (Å²) in [5.74, 6) is 0.0100. The van der Waals surface area contributed by atoms with Crippen LogP contribution < -0.4 is 11.5 Å². The molecule has 0 amide bonds. The molecule has 15 heavy (non-hydrogen) atoms. The normalized spacial score (nSPS) is 31.8. The van der Waals surface area contributed by atoms with Gasteiger partial charge in [0.15, 0.2) is 5.96 Å². The van der Waals surface area contributed by atoms with Crippen molar-refractivity contribution >= 4 is 5.96 Å². The Morgan fingerprint density at radius 3 is 2.60 bits per heavy atom. The summed E-state index contributed by atoms with van der Waals surface area (Å²) in [6.07, 6.45) is -1.73. The van der Waals surface area contributed by atoms with E-state index in [-0.39, 0.29) is 12.6 Å². The van der Waals surface area contributed by atoms with Crippen molar-refractivity contribution in [2.45, 2.75) is 18.2 Å². The van der Waals surface area contributed by atoms with Gasteiger partial charge >= 0.3 is 0 Å². The van der Waals surface area contributed by atoms with E-state index in [1.54, 1.807) is 4.90 Å². The molecule has 7 nitrogen and oxygen atoms in total. The predicted octanol–water partition coefficient (Wildman–Crippen LogP) is -3.34. The van der Waals surface area contributed by atoms with Crippen molar-refractivity contribution in [2.24, 2.45) is 16.5 Å². The van der Waals surface area contributed by atoms with Crippen molar-refractivity contribution < 1.29 is 15.3 Å². The molecule has 1 rings (SSSR count). The topological polar surface area (TPSA) is 128 Å². The Morgan fingerprint density at radius 1 is 1.40 bits per heavy atom. The average Bonchev–Trinajstić information content (AvgIpc) is 2.42. The van der Waals surface area contributed by atoms with Crippen molar-refractivity contribution in [1.82, 2.24) is 4.90 Å². The van der Waals surface area contributed by atoms with Crippen LogP contribution in [0.4, 0.5) is 0 Å². The minimum atomic E-state index is -0.908. The number of aliphatic hydroxyl groups excluding tert-OH is 3. The molecule has 3 atom stereocenters. The van der Waals surface area contributed by atoms with E-state index < -0.39 is 18.2 Å². The summed E-state index contributed by atoms with van der Waals surface area (Å²) in [5, 5.41) is 27.9.